The third-order valence-corrected chi connectivity index (χ3v) is 4.74. The Morgan fingerprint density at radius 3 is 2.55 bits per heavy atom. The molecule has 2 aromatic carbocycles. The second-order valence-electron chi connectivity index (χ2n) is 7.45. The molecule has 1 heterocycles. The maximum atomic E-state index is 12.3. The molecule has 1 aliphatic rings. The number of nitrogens with one attached hydrogen (secondary N) is 2. The fourth-order valence-corrected chi connectivity index (χ4v) is 2.98. The first-order valence-electron chi connectivity index (χ1n) is 10.2. The largest absolute Gasteiger partial charge is 0.484 e. The Kier molecular flexibility index (Phi) is 6.64. The standard InChI is InChI=1S/C24H24N2O5/c27-23(25-19-5-1-4-18(12-19)15-29-14-17-9-10-17)16-31-21-7-2-6-20(13-21)26-24(28)22-8-3-11-30-22/h1-8,11-13,17H,9-10,14-16H2,(H,25,27)(H,26,28). The van der Waals surface area contributed by atoms with E-state index >= 15 is 0 Å². The summed E-state index contributed by atoms with van der Waals surface area (Å²) in [4.78, 5) is 24.3. The number of amides is 2. The molecule has 0 atom stereocenters. The van der Waals surface area contributed by atoms with Gasteiger partial charge in [-0.2, -0.15) is 0 Å². The van der Waals surface area contributed by atoms with Crippen molar-refractivity contribution in [2.75, 3.05) is 23.8 Å². The van der Waals surface area contributed by atoms with Crippen LogP contribution in [-0.4, -0.2) is 25.0 Å². The number of carbonyl (C=O) groups is 2. The van der Waals surface area contributed by atoms with Gasteiger partial charge in [0.25, 0.3) is 11.8 Å². The topological polar surface area (TPSA) is 89.8 Å². The molecule has 0 aliphatic heterocycles. The van der Waals surface area contributed by atoms with Crippen LogP contribution >= 0.6 is 0 Å². The Morgan fingerprint density at radius 1 is 0.968 bits per heavy atom. The van der Waals surface area contributed by atoms with E-state index in [-0.39, 0.29) is 24.2 Å². The number of carbonyl (C=O) groups excluding carboxylic acids is 2. The molecule has 2 N–H and O–H groups in total. The average Bonchev–Trinajstić information content (AvgIpc) is 3.42. The summed E-state index contributed by atoms with van der Waals surface area (Å²) < 4.78 is 16.3. The van der Waals surface area contributed by atoms with Crippen LogP contribution in [-0.2, 0) is 16.1 Å². The molecule has 4 rings (SSSR count). The van der Waals surface area contributed by atoms with Crippen molar-refractivity contribution in [3.05, 3.63) is 78.3 Å². The highest BCUT2D eigenvalue weighted by atomic mass is 16.5. The Labute approximate surface area is 180 Å². The molecule has 7 nitrogen and oxygen atoms in total. The van der Waals surface area contributed by atoms with E-state index in [1.807, 2.05) is 24.3 Å². The van der Waals surface area contributed by atoms with E-state index in [4.69, 9.17) is 13.9 Å². The van der Waals surface area contributed by atoms with Crippen molar-refractivity contribution >= 4 is 23.2 Å². The lowest BCUT2D eigenvalue weighted by Gasteiger charge is -2.10. The highest BCUT2D eigenvalue weighted by Gasteiger charge is 2.21. The van der Waals surface area contributed by atoms with E-state index in [2.05, 4.69) is 10.6 Å². The van der Waals surface area contributed by atoms with E-state index in [9.17, 15) is 9.59 Å². The third-order valence-electron chi connectivity index (χ3n) is 4.74. The first-order chi connectivity index (χ1) is 15.2. The van der Waals surface area contributed by atoms with Gasteiger partial charge in [0.1, 0.15) is 5.75 Å². The van der Waals surface area contributed by atoms with Crippen molar-refractivity contribution in [2.45, 2.75) is 19.4 Å². The van der Waals surface area contributed by atoms with Crippen LogP contribution in [0.25, 0.3) is 0 Å². The minimum Gasteiger partial charge on any atom is -0.484 e. The summed E-state index contributed by atoms with van der Waals surface area (Å²) in [5, 5.41) is 5.55. The van der Waals surface area contributed by atoms with E-state index in [0.717, 1.165) is 18.1 Å². The molecular weight excluding hydrogens is 396 g/mol. The van der Waals surface area contributed by atoms with Crippen LogP contribution in [0.15, 0.2) is 71.3 Å². The molecule has 0 unspecified atom stereocenters. The summed E-state index contributed by atoms with van der Waals surface area (Å²) in [6.07, 6.45) is 3.95. The van der Waals surface area contributed by atoms with E-state index < -0.39 is 0 Å². The lowest BCUT2D eigenvalue weighted by Crippen LogP contribution is -2.20. The molecule has 7 heteroatoms. The van der Waals surface area contributed by atoms with Crippen molar-refractivity contribution in [2.24, 2.45) is 5.92 Å². The number of furan rings is 1. The van der Waals surface area contributed by atoms with Crippen LogP contribution in [0.5, 0.6) is 5.75 Å². The van der Waals surface area contributed by atoms with Gasteiger partial charge in [-0.25, -0.2) is 0 Å². The van der Waals surface area contributed by atoms with Gasteiger partial charge >= 0.3 is 0 Å². The molecule has 0 bridgehead atoms. The molecule has 0 radical (unpaired) electrons. The molecule has 1 saturated carbocycles. The van der Waals surface area contributed by atoms with Gasteiger partial charge in [-0.1, -0.05) is 18.2 Å². The summed E-state index contributed by atoms with van der Waals surface area (Å²) in [5.41, 5.74) is 2.25. The van der Waals surface area contributed by atoms with Crippen molar-refractivity contribution < 1.29 is 23.5 Å². The van der Waals surface area contributed by atoms with Crippen LogP contribution in [0.4, 0.5) is 11.4 Å². The van der Waals surface area contributed by atoms with Gasteiger partial charge < -0.3 is 24.5 Å². The van der Waals surface area contributed by atoms with Crippen molar-refractivity contribution in [1.29, 1.82) is 0 Å². The second kappa shape index (κ2) is 9.95. The summed E-state index contributed by atoms with van der Waals surface area (Å²) >= 11 is 0. The number of hydrogen-bond donors (Lipinski definition) is 2. The highest BCUT2D eigenvalue weighted by molar-refractivity contribution is 6.02. The number of anilines is 2. The first kappa shape index (κ1) is 20.7. The van der Waals surface area contributed by atoms with Gasteiger partial charge in [-0.3, -0.25) is 9.59 Å². The molecular formula is C24H24N2O5. The number of ether oxygens (including phenoxy) is 2. The van der Waals surface area contributed by atoms with Crippen LogP contribution in [0.2, 0.25) is 0 Å². The Balaban J connectivity index is 1.25. The highest BCUT2D eigenvalue weighted by Crippen LogP contribution is 2.29. The third kappa shape index (κ3) is 6.45. The van der Waals surface area contributed by atoms with Crippen molar-refractivity contribution in [3.63, 3.8) is 0 Å². The van der Waals surface area contributed by atoms with Gasteiger partial charge in [0.2, 0.25) is 0 Å². The first-order valence-corrected chi connectivity index (χ1v) is 10.2. The fraction of sp³-hybridized carbons (Fsp3) is 0.250. The molecule has 1 aliphatic carbocycles. The molecule has 0 saturated heterocycles. The molecule has 3 aromatic rings. The van der Waals surface area contributed by atoms with E-state index in [1.54, 1.807) is 36.4 Å². The van der Waals surface area contributed by atoms with Crippen LogP contribution in [0.1, 0.15) is 29.0 Å². The minimum absolute atomic E-state index is 0.155. The zero-order valence-electron chi connectivity index (χ0n) is 17.0. The van der Waals surface area contributed by atoms with E-state index in [1.165, 1.54) is 19.1 Å². The smallest absolute Gasteiger partial charge is 0.291 e. The van der Waals surface area contributed by atoms with Gasteiger partial charge in [0, 0.05) is 24.0 Å². The predicted molar refractivity (Wildman–Crippen MR) is 116 cm³/mol. The lowest BCUT2D eigenvalue weighted by atomic mass is 10.2. The predicted octanol–water partition coefficient (Wildman–Crippen LogP) is 4.48. The summed E-state index contributed by atoms with van der Waals surface area (Å²) in [6, 6.07) is 17.6. The molecule has 2 amide bonds. The molecule has 31 heavy (non-hydrogen) atoms. The zero-order chi connectivity index (χ0) is 21.5. The van der Waals surface area contributed by atoms with E-state index in [0.29, 0.717) is 23.7 Å². The fourth-order valence-electron chi connectivity index (χ4n) is 2.98. The maximum absolute atomic E-state index is 12.3. The van der Waals surface area contributed by atoms with Crippen LogP contribution < -0.4 is 15.4 Å². The minimum atomic E-state index is -0.360. The van der Waals surface area contributed by atoms with Crippen LogP contribution in [0.3, 0.4) is 0 Å². The summed E-state index contributed by atoms with van der Waals surface area (Å²) in [5.74, 6) is 0.763. The zero-order valence-corrected chi connectivity index (χ0v) is 17.0. The van der Waals surface area contributed by atoms with Gasteiger partial charge in [-0.15, -0.1) is 0 Å². The SMILES string of the molecule is O=C(COc1cccc(NC(=O)c2ccco2)c1)Nc1cccc(COCC2CC2)c1. The van der Waals surface area contributed by atoms with Gasteiger partial charge in [0.15, 0.2) is 12.4 Å². The maximum Gasteiger partial charge on any atom is 0.291 e. The Morgan fingerprint density at radius 2 is 1.77 bits per heavy atom. The molecule has 1 aromatic heterocycles. The second-order valence-corrected chi connectivity index (χ2v) is 7.45. The monoisotopic (exact) mass is 420 g/mol. The molecule has 1 fully saturated rings. The summed E-state index contributed by atoms with van der Waals surface area (Å²) in [6.45, 7) is 1.18. The normalized spacial score (nSPS) is 12.9. The van der Waals surface area contributed by atoms with Gasteiger partial charge in [0.05, 0.1) is 12.9 Å². The molecule has 0 spiro atoms. The van der Waals surface area contributed by atoms with Gasteiger partial charge in [-0.05, 0) is 60.7 Å². The molecule has 160 valence electrons. The van der Waals surface area contributed by atoms with Crippen molar-refractivity contribution in [1.82, 2.24) is 0 Å². The number of hydrogen-bond acceptors (Lipinski definition) is 5. The Hall–Kier alpha value is -3.58. The summed E-state index contributed by atoms with van der Waals surface area (Å²) in [7, 11) is 0. The number of benzene rings is 2. The lowest BCUT2D eigenvalue weighted by molar-refractivity contribution is -0.118. The quantitative estimate of drug-likeness (QED) is 0.505. The van der Waals surface area contributed by atoms with Crippen LogP contribution in [0, 0.1) is 5.92 Å². The Bertz CT molecular complexity index is 1030. The average molecular weight is 420 g/mol. The van der Waals surface area contributed by atoms with Crippen molar-refractivity contribution in [3.8, 4) is 5.75 Å². The number of rotatable bonds is 10.